The fraction of sp³-hybridized carbons (Fsp3) is 0.667. The predicted molar refractivity (Wildman–Crippen MR) is 86.4 cm³/mol. The van der Waals surface area contributed by atoms with Crippen LogP contribution >= 0.6 is 0 Å². The Bertz CT molecular complexity index is 430. The molecule has 2 atom stereocenters. The number of hydrogen-bond acceptors (Lipinski definition) is 3. The molecule has 21 heavy (non-hydrogen) atoms. The van der Waals surface area contributed by atoms with Crippen molar-refractivity contribution in [3.05, 3.63) is 35.9 Å². The molecule has 0 bridgehead atoms. The van der Waals surface area contributed by atoms with Crippen LogP contribution < -0.4 is 5.32 Å². The van der Waals surface area contributed by atoms with Crippen molar-refractivity contribution in [2.45, 2.75) is 57.3 Å². The van der Waals surface area contributed by atoms with E-state index in [0.29, 0.717) is 24.2 Å². The summed E-state index contributed by atoms with van der Waals surface area (Å²) in [7, 11) is 0. The minimum atomic E-state index is 0.492. The Morgan fingerprint density at radius 1 is 1.19 bits per heavy atom. The van der Waals surface area contributed by atoms with Crippen molar-refractivity contribution in [1.82, 2.24) is 10.2 Å². The van der Waals surface area contributed by atoms with Crippen LogP contribution in [0, 0.1) is 0 Å². The zero-order chi connectivity index (χ0) is 14.7. The van der Waals surface area contributed by atoms with E-state index < -0.39 is 0 Å². The number of rotatable bonds is 5. The average Bonchev–Trinajstić information content (AvgIpc) is 2.51. The van der Waals surface area contributed by atoms with Gasteiger partial charge in [0.15, 0.2) is 0 Å². The summed E-state index contributed by atoms with van der Waals surface area (Å²) in [6, 6.07) is 12.8. The lowest BCUT2D eigenvalue weighted by Crippen LogP contribution is -2.59. The van der Waals surface area contributed by atoms with Gasteiger partial charge in [-0.15, -0.1) is 0 Å². The summed E-state index contributed by atoms with van der Waals surface area (Å²) in [6.45, 7) is 7.46. The van der Waals surface area contributed by atoms with Crippen LogP contribution in [0.1, 0.15) is 44.7 Å². The maximum atomic E-state index is 5.75. The van der Waals surface area contributed by atoms with Crippen molar-refractivity contribution in [3.63, 3.8) is 0 Å². The Kier molecular flexibility index (Phi) is 4.94. The number of hydrogen-bond donors (Lipinski definition) is 1. The molecule has 2 unspecified atom stereocenters. The molecule has 1 saturated carbocycles. The summed E-state index contributed by atoms with van der Waals surface area (Å²) < 4.78 is 5.75. The molecule has 1 N–H and O–H groups in total. The summed E-state index contributed by atoms with van der Waals surface area (Å²) >= 11 is 0. The van der Waals surface area contributed by atoms with Gasteiger partial charge < -0.3 is 10.1 Å². The molecule has 1 aliphatic heterocycles. The van der Waals surface area contributed by atoms with E-state index in [1.165, 1.54) is 31.4 Å². The molecule has 1 aromatic carbocycles. The normalized spacial score (nSPS) is 33.6. The van der Waals surface area contributed by atoms with Gasteiger partial charge in [0, 0.05) is 37.8 Å². The van der Waals surface area contributed by atoms with Crippen molar-refractivity contribution in [3.8, 4) is 0 Å². The van der Waals surface area contributed by atoms with Crippen molar-refractivity contribution in [2.24, 2.45) is 0 Å². The molecular formula is C18H28N2O. The standard InChI is InChI=1S/C18H28N2O/c1-3-15-13-20(16-10-17(11-16)21-4-2)18(12-19-15)14-8-6-5-7-9-14/h5-9,15-19H,3-4,10-13H2,1-2H3. The van der Waals surface area contributed by atoms with Gasteiger partial charge in [0.25, 0.3) is 0 Å². The zero-order valence-electron chi connectivity index (χ0n) is 13.3. The van der Waals surface area contributed by atoms with Crippen molar-refractivity contribution >= 4 is 0 Å². The van der Waals surface area contributed by atoms with E-state index in [9.17, 15) is 0 Å². The predicted octanol–water partition coefficient (Wildman–Crippen LogP) is 2.98. The Labute approximate surface area is 128 Å². The molecule has 3 nitrogen and oxygen atoms in total. The quantitative estimate of drug-likeness (QED) is 0.901. The number of nitrogens with zero attached hydrogens (tertiary/aromatic N) is 1. The first kappa shape index (κ1) is 15.0. The number of ether oxygens (including phenoxy) is 1. The third-order valence-corrected chi connectivity index (χ3v) is 5.05. The highest BCUT2D eigenvalue weighted by molar-refractivity contribution is 5.21. The molecule has 3 rings (SSSR count). The highest BCUT2D eigenvalue weighted by Crippen LogP contribution is 2.35. The van der Waals surface area contributed by atoms with Gasteiger partial charge in [0.2, 0.25) is 0 Å². The van der Waals surface area contributed by atoms with E-state index in [1.807, 2.05) is 0 Å². The highest BCUT2D eigenvalue weighted by atomic mass is 16.5. The smallest absolute Gasteiger partial charge is 0.0604 e. The van der Waals surface area contributed by atoms with Crippen LogP contribution in [0.15, 0.2) is 30.3 Å². The topological polar surface area (TPSA) is 24.5 Å². The first-order valence-corrected chi connectivity index (χ1v) is 8.47. The molecule has 1 aromatic rings. The fourth-order valence-corrected chi connectivity index (χ4v) is 3.68. The van der Waals surface area contributed by atoms with E-state index in [0.717, 1.165) is 13.2 Å². The summed E-state index contributed by atoms with van der Waals surface area (Å²) in [6.07, 6.45) is 4.10. The minimum absolute atomic E-state index is 0.492. The van der Waals surface area contributed by atoms with E-state index in [1.54, 1.807) is 0 Å². The summed E-state index contributed by atoms with van der Waals surface area (Å²) in [4.78, 5) is 2.73. The molecule has 1 heterocycles. The van der Waals surface area contributed by atoms with Gasteiger partial charge >= 0.3 is 0 Å². The second-order valence-electron chi connectivity index (χ2n) is 6.34. The third kappa shape index (κ3) is 3.31. The van der Waals surface area contributed by atoms with Gasteiger partial charge in [-0.2, -0.15) is 0 Å². The lowest BCUT2D eigenvalue weighted by molar-refractivity contribution is -0.0673. The van der Waals surface area contributed by atoms with Crippen LogP contribution in [0.5, 0.6) is 0 Å². The van der Waals surface area contributed by atoms with Gasteiger partial charge in [-0.3, -0.25) is 4.90 Å². The summed E-state index contributed by atoms with van der Waals surface area (Å²) in [5, 5.41) is 3.71. The second-order valence-corrected chi connectivity index (χ2v) is 6.34. The maximum absolute atomic E-state index is 5.75. The van der Waals surface area contributed by atoms with Crippen LogP contribution in [0.4, 0.5) is 0 Å². The Morgan fingerprint density at radius 3 is 2.62 bits per heavy atom. The first-order chi connectivity index (χ1) is 10.3. The van der Waals surface area contributed by atoms with E-state index in [2.05, 4.69) is 54.4 Å². The molecule has 116 valence electrons. The summed E-state index contributed by atoms with van der Waals surface area (Å²) in [5.74, 6) is 0. The summed E-state index contributed by atoms with van der Waals surface area (Å²) in [5.41, 5.74) is 1.44. The average molecular weight is 288 g/mol. The van der Waals surface area contributed by atoms with Crippen LogP contribution in [-0.4, -0.2) is 42.8 Å². The Hall–Kier alpha value is -0.900. The van der Waals surface area contributed by atoms with Crippen LogP contribution in [0.3, 0.4) is 0 Å². The molecule has 0 amide bonds. The number of piperazine rings is 1. The van der Waals surface area contributed by atoms with E-state index >= 15 is 0 Å². The third-order valence-electron chi connectivity index (χ3n) is 5.05. The van der Waals surface area contributed by atoms with Crippen molar-refractivity contribution < 1.29 is 4.74 Å². The molecule has 0 spiro atoms. The largest absolute Gasteiger partial charge is 0.378 e. The fourth-order valence-electron chi connectivity index (χ4n) is 3.68. The van der Waals surface area contributed by atoms with Crippen LogP contribution in [0.2, 0.25) is 0 Å². The van der Waals surface area contributed by atoms with Crippen molar-refractivity contribution in [2.75, 3.05) is 19.7 Å². The molecule has 0 aromatic heterocycles. The maximum Gasteiger partial charge on any atom is 0.0604 e. The minimum Gasteiger partial charge on any atom is -0.378 e. The van der Waals surface area contributed by atoms with Gasteiger partial charge in [0.05, 0.1) is 6.10 Å². The SMILES string of the molecule is CCOC1CC(N2CC(CC)NCC2c2ccccc2)C1. The lowest BCUT2D eigenvalue weighted by Gasteiger charge is -2.50. The van der Waals surface area contributed by atoms with Gasteiger partial charge in [-0.25, -0.2) is 0 Å². The number of nitrogens with one attached hydrogen (secondary N) is 1. The van der Waals surface area contributed by atoms with Gasteiger partial charge in [0.1, 0.15) is 0 Å². The monoisotopic (exact) mass is 288 g/mol. The van der Waals surface area contributed by atoms with Gasteiger partial charge in [-0.05, 0) is 31.7 Å². The Morgan fingerprint density at radius 2 is 1.95 bits per heavy atom. The van der Waals surface area contributed by atoms with E-state index in [4.69, 9.17) is 4.74 Å². The number of benzene rings is 1. The molecule has 2 aliphatic rings. The van der Waals surface area contributed by atoms with Crippen LogP contribution in [0.25, 0.3) is 0 Å². The zero-order valence-corrected chi connectivity index (χ0v) is 13.3. The highest BCUT2D eigenvalue weighted by Gasteiger charge is 2.40. The second kappa shape index (κ2) is 6.91. The van der Waals surface area contributed by atoms with Gasteiger partial charge in [-0.1, -0.05) is 37.3 Å². The molecule has 0 radical (unpaired) electrons. The molecular weight excluding hydrogens is 260 g/mol. The first-order valence-electron chi connectivity index (χ1n) is 8.47. The lowest BCUT2D eigenvalue weighted by atomic mass is 9.84. The van der Waals surface area contributed by atoms with Crippen LogP contribution in [-0.2, 0) is 4.74 Å². The van der Waals surface area contributed by atoms with Crippen molar-refractivity contribution in [1.29, 1.82) is 0 Å². The molecule has 3 heteroatoms. The van der Waals surface area contributed by atoms with E-state index in [-0.39, 0.29) is 0 Å². The molecule has 1 saturated heterocycles. The molecule has 2 fully saturated rings. The molecule has 1 aliphatic carbocycles. The Balaban J connectivity index is 1.69.